The Bertz CT molecular complexity index is 1450. The van der Waals surface area contributed by atoms with E-state index in [0.29, 0.717) is 27.2 Å². The number of rotatable bonds is 5. The van der Waals surface area contributed by atoms with E-state index in [-0.39, 0.29) is 12.4 Å². The number of allylic oxidation sites excluding steroid dienone is 1. The largest absolute Gasteiger partial charge is 0.414 e. The molecule has 0 fully saturated rings. The summed E-state index contributed by atoms with van der Waals surface area (Å²) in [6.07, 6.45) is 6.64. The average Bonchev–Trinajstić information content (AvgIpc) is 3.09. The van der Waals surface area contributed by atoms with Gasteiger partial charge in [-0.2, -0.15) is 0 Å². The van der Waals surface area contributed by atoms with Gasteiger partial charge < -0.3 is 10.1 Å². The third-order valence-electron chi connectivity index (χ3n) is 6.05. The van der Waals surface area contributed by atoms with Gasteiger partial charge in [-0.25, -0.2) is 9.48 Å². The quantitative estimate of drug-likeness (QED) is 0.256. The van der Waals surface area contributed by atoms with E-state index in [1.807, 2.05) is 48.5 Å². The zero-order valence-electron chi connectivity index (χ0n) is 19.8. The number of aromatic nitrogens is 3. The van der Waals surface area contributed by atoms with Gasteiger partial charge >= 0.3 is 6.09 Å². The first kappa shape index (κ1) is 25.3. The van der Waals surface area contributed by atoms with Crippen molar-refractivity contribution in [2.45, 2.75) is 32.2 Å². The number of nitrogens with one attached hydrogen (secondary N) is 1. The molecule has 1 amide bonds. The Labute approximate surface area is 229 Å². The Morgan fingerprint density at radius 2 is 1.78 bits per heavy atom. The van der Waals surface area contributed by atoms with Crippen LogP contribution in [0.15, 0.2) is 66.9 Å². The maximum absolute atomic E-state index is 12.7. The molecule has 188 valence electrons. The van der Waals surface area contributed by atoms with Crippen LogP contribution < -0.4 is 10.1 Å². The van der Waals surface area contributed by atoms with Crippen molar-refractivity contribution in [3.05, 3.63) is 104 Å². The van der Waals surface area contributed by atoms with Gasteiger partial charge in [-0.05, 0) is 85.4 Å². The van der Waals surface area contributed by atoms with Crippen LogP contribution in [0.25, 0.3) is 17.3 Å². The SMILES string of the molecule is O=C(NCc1ccccn1)Oc1nn(-c2ccc(Cl)cc2Cl)c2c1CCCC/C2=C\c1ccc(Cl)cc1. The highest BCUT2D eigenvalue weighted by molar-refractivity contribution is 6.35. The second-order valence-corrected chi connectivity index (χ2v) is 9.91. The number of halogens is 3. The maximum Gasteiger partial charge on any atom is 0.414 e. The van der Waals surface area contributed by atoms with Gasteiger partial charge in [0.2, 0.25) is 5.88 Å². The first-order chi connectivity index (χ1) is 18.0. The van der Waals surface area contributed by atoms with Crippen LogP contribution in [0.3, 0.4) is 0 Å². The molecule has 5 rings (SSSR count). The number of fused-ring (bicyclic) bond motifs is 1. The number of benzene rings is 2. The van der Waals surface area contributed by atoms with E-state index in [1.54, 1.807) is 23.0 Å². The molecule has 0 bridgehead atoms. The van der Waals surface area contributed by atoms with Crippen LogP contribution in [-0.2, 0) is 13.0 Å². The summed E-state index contributed by atoms with van der Waals surface area (Å²) in [6.45, 7) is 0.243. The summed E-state index contributed by atoms with van der Waals surface area (Å²) >= 11 is 18.9. The van der Waals surface area contributed by atoms with Crippen molar-refractivity contribution < 1.29 is 9.53 Å². The third kappa shape index (κ3) is 5.99. The summed E-state index contributed by atoms with van der Waals surface area (Å²) in [5.41, 5.74) is 5.18. The summed E-state index contributed by atoms with van der Waals surface area (Å²) in [6, 6.07) is 18.4. The van der Waals surface area contributed by atoms with Crippen LogP contribution in [0.2, 0.25) is 15.1 Å². The molecule has 0 atom stereocenters. The number of amides is 1. The second kappa shape index (κ2) is 11.4. The third-order valence-corrected chi connectivity index (χ3v) is 6.84. The minimum Gasteiger partial charge on any atom is -0.389 e. The van der Waals surface area contributed by atoms with Crippen molar-refractivity contribution >= 4 is 52.5 Å². The second-order valence-electron chi connectivity index (χ2n) is 8.63. The Kier molecular flexibility index (Phi) is 7.79. The molecule has 37 heavy (non-hydrogen) atoms. The molecule has 9 heteroatoms. The van der Waals surface area contributed by atoms with E-state index in [0.717, 1.165) is 47.4 Å². The first-order valence-electron chi connectivity index (χ1n) is 11.9. The highest BCUT2D eigenvalue weighted by Gasteiger charge is 2.27. The number of nitrogens with zero attached hydrogens (tertiary/aromatic N) is 3. The van der Waals surface area contributed by atoms with Gasteiger partial charge in [0, 0.05) is 21.8 Å². The molecule has 1 aliphatic carbocycles. The van der Waals surface area contributed by atoms with Crippen molar-refractivity contribution in [3.8, 4) is 11.6 Å². The van der Waals surface area contributed by atoms with E-state index in [2.05, 4.69) is 16.4 Å². The topological polar surface area (TPSA) is 69.0 Å². The van der Waals surface area contributed by atoms with Gasteiger partial charge in [-0.15, -0.1) is 5.10 Å². The minimum absolute atomic E-state index is 0.243. The number of carbonyl (C=O) groups excluding carboxylic acids is 1. The molecular formula is C28H23Cl3N4O2. The Morgan fingerprint density at radius 3 is 2.54 bits per heavy atom. The monoisotopic (exact) mass is 552 g/mol. The van der Waals surface area contributed by atoms with E-state index >= 15 is 0 Å². The smallest absolute Gasteiger partial charge is 0.389 e. The number of hydrogen-bond donors (Lipinski definition) is 1. The van der Waals surface area contributed by atoms with Crippen LogP contribution in [0, 0.1) is 0 Å². The highest BCUT2D eigenvalue weighted by atomic mass is 35.5. The van der Waals surface area contributed by atoms with E-state index in [9.17, 15) is 4.79 Å². The van der Waals surface area contributed by atoms with Gasteiger partial charge in [-0.1, -0.05) is 53.0 Å². The summed E-state index contributed by atoms with van der Waals surface area (Å²) < 4.78 is 7.50. The summed E-state index contributed by atoms with van der Waals surface area (Å²) in [4.78, 5) is 17.0. The van der Waals surface area contributed by atoms with Crippen LogP contribution >= 0.6 is 34.8 Å². The predicted octanol–water partition coefficient (Wildman–Crippen LogP) is 7.78. The molecule has 0 spiro atoms. The molecule has 2 aromatic heterocycles. The molecule has 6 nitrogen and oxygen atoms in total. The lowest BCUT2D eigenvalue weighted by molar-refractivity contribution is 0.197. The molecular weight excluding hydrogens is 531 g/mol. The van der Waals surface area contributed by atoms with Gasteiger partial charge in [0.05, 0.1) is 28.6 Å². The Hall–Kier alpha value is -3.32. The maximum atomic E-state index is 12.7. The highest BCUT2D eigenvalue weighted by Crippen LogP contribution is 2.39. The molecule has 0 saturated carbocycles. The normalized spacial score (nSPS) is 14.2. The molecule has 1 aliphatic rings. The van der Waals surface area contributed by atoms with Crippen LogP contribution in [0.4, 0.5) is 4.79 Å². The zero-order valence-corrected chi connectivity index (χ0v) is 22.0. The lowest BCUT2D eigenvalue weighted by Gasteiger charge is -2.12. The lowest BCUT2D eigenvalue weighted by Crippen LogP contribution is -2.27. The Morgan fingerprint density at radius 1 is 1.00 bits per heavy atom. The standard InChI is InChI=1S/C28H23Cl3N4O2/c29-20-10-8-18(9-11-20)15-19-5-1-2-7-23-26(19)35(25-13-12-21(30)16-24(25)31)34-27(23)37-28(36)33-17-22-6-3-4-14-32-22/h3-4,6,8-16H,1-2,5,7,17H2,(H,33,36)/b19-15+. The molecule has 0 radical (unpaired) electrons. The molecule has 4 aromatic rings. The van der Waals surface area contributed by atoms with Crippen molar-refractivity contribution in [2.75, 3.05) is 0 Å². The van der Waals surface area contributed by atoms with E-state index in [4.69, 9.17) is 44.6 Å². The summed E-state index contributed by atoms with van der Waals surface area (Å²) in [5.74, 6) is 0.253. The fraction of sp³-hybridized carbons (Fsp3) is 0.179. The molecule has 2 heterocycles. The van der Waals surface area contributed by atoms with Crippen LogP contribution in [-0.4, -0.2) is 20.9 Å². The summed E-state index contributed by atoms with van der Waals surface area (Å²) in [7, 11) is 0. The minimum atomic E-state index is -0.604. The molecule has 2 aromatic carbocycles. The fourth-order valence-electron chi connectivity index (χ4n) is 4.32. The first-order valence-corrected chi connectivity index (χ1v) is 13.0. The predicted molar refractivity (Wildman–Crippen MR) is 148 cm³/mol. The van der Waals surface area contributed by atoms with Crippen molar-refractivity contribution in [1.29, 1.82) is 0 Å². The van der Waals surface area contributed by atoms with E-state index in [1.165, 1.54) is 0 Å². The van der Waals surface area contributed by atoms with Crippen molar-refractivity contribution in [1.82, 2.24) is 20.1 Å². The Balaban J connectivity index is 1.55. The summed E-state index contributed by atoms with van der Waals surface area (Å²) in [5, 5.41) is 9.12. The van der Waals surface area contributed by atoms with Crippen molar-refractivity contribution in [2.24, 2.45) is 0 Å². The van der Waals surface area contributed by atoms with E-state index < -0.39 is 6.09 Å². The van der Waals surface area contributed by atoms with Gasteiger partial charge in [0.25, 0.3) is 0 Å². The van der Waals surface area contributed by atoms with Gasteiger partial charge in [0.15, 0.2) is 0 Å². The van der Waals surface area contributed by atoms with Gasteiger partial charge in [-0.3, -0.25) is 4.98 Å². The zero-order chi connectivity index (χ0) is 25.8. The van der Waals surface area contributed by atoms with Gasteiger partial charge in [0.1, 0.15) is 0 Å². The molecule has 0 aliphatic heterocycles. The average molecular weight is 554 g/mol. The van der Waals surface area contributed by atoms with Crippen LogP contribution in [0.1, 0.15) is 41.8 Å². The molecule has 0 unspecified atom stereocenters. The van der Waals surface area contributed by atoms with Crippen molar-refractivity contribution in [3.63, 3.8) is 0 Å². The number of hydrogen-bond acceptors (Lipinski definition) is 4. The molecule has 0 saturated heterocycles. The lowest BCUT2D eigenvalue weighted by atomic mass is 10.0. The number of carbonyl (C=O) groups is 1. The fourth-order valence-corrected chi connectivity index (χ4v) is 4.94. The number of pyridine rings is 1. The molecule has 1 N–H and O–H groups in total. The van der Waals surface area contributed by atoms with Crippen LogP contribution in [0.5, 0.6) is 5.88 Å². The number of ether oxygens (including phenoxy) is 1.